The van der Waals surface area contributed by atoms with E-state index in [1.54, 1.807) is 0 Å². The molecule has 1 unspecified atom stereocenters. The van der Waals surface area contributed by atoms with E-state index in [4.69, 9.17) is 4.42 Å². The number of hydrogen-bond donors (Lipinski definition) is 0. The molecule has 0 N–H and O–H groups in total. The van der Waals surface area contributed by atoms with Crippen molar-refractivity contribution in [1.29, 1.82) is 0 Å². The molecule has 23 rings (SSSR count). The van der Waals surface area contributed by atoms with Gasteiger partial charge in [0.05, 0.1) is 0 Å². The van der Waals surface area contributed by atoms with Crippen LogP contribution in [-0.4, -0.2) is 0 Å². The van der Waals surface area contributed by atoms with Crippen LogP contribution in [0, 0.1) is 0 Å². The van der Waals surface area contributed by atoms with Gasteiger partial charge in [-0.3, -0.25) is 0 Å². The van der Waals surface area contributed by atoms with E-state index in [0.717, 1.165) is 73.6 Å². The first kappa shape index (κ1) is 75.3. The molecule has 0 saturated heterocycles. The molecular formula is C121H92N2O. The van der Waals surface area contributed by atoms with Gasteiger partial charge in [0.2, 0.25) is 0 Å². The van der Waals surface area contributed by atoms with Crippen LogP contribution in [0.3, 0.4) is 0 Å². The highest BCUT2D eigenvalue weighted by molar-refractivity contribution is 6.10. The third-order valence-electron chi connectivity index (χ3n) is 27.1. The summed E-state index contributed by atoms with van der Waals surface area (Å²) in [4.78, 5) is 4.87. The first-order chi connectivity index (χ1) is 60.7. The predicted molar refractivity (Wildman–Crippen MR) is 523 cm³/mol. The summed E-state index contributed by atoms with van der Waals surface area (Å²) >= 11 is 0. The number of para-hydroxylation sites is 2. The maximum absolute atomic E-state index is 6.49. The molecule has 1 aromatic heterocycles. The van der Waals surface area contributed by atoms with Gasteiger partial charge in [0.15, 0.2) is 0 Å². The van der Waals surface area contributed by atoms with Gasteiger partial charge in [0.1, 0.15) is 11.2 Å². The van der Waals surface area contributed by atoms with Gasteiger partial charge in [-0.1, -0.05) is 375 Å². The number of nitrogens with zero attached hydrogens (tertiary/aromatic N) is 2. The van der Waals surface area contributed by atoms with Crippen LogP contribution >= 0.6 is 0 Å². The molecule has 18 aromatic carbocycles. The zero-order valence-electron chi connectivity index (χ0n) is 70.6. The Morgan fingerprint density at radius 2 is 0.573 bits per heavy atom. The number of fused-ring (bicyclic) bond motifs is 13. The Morgan fingerprint density at radius 1 is 0.242 bits per heavy atom. The Kier molecular flexibility index (Phi) is 18.4. The molecule has 0 fully saturated rings. The molecule has 3 nitrogen and oxygen atoms in total. The summed E-state index contributed by atoms with van der Waals surface area (Å²) in [5, 5.41) is 4.83. The number of furan rings is 1. The summed E-state index contributed by atoms with van der Waals surface area (Å²) in [5.41, 5.74) is 42.5. The maximum Gasteiger partial charge on any atom is 0.143 e. The van der Waals surface area contributed by atoms with E-state index in [1.807, 2.05) is 6.07 Å². The van der Waals surface area contributed by atoms with Crippen molar-refractivity contribution in [1.82, 2.24) is 0 Å². The Hall–Kier alpha value is -14.9. The lowest BCUT2D eigenvalue weighted by Gasteiger charge is -2.30. The smallest absolute Gasteiger partial charge is 0.143 e. The lowest BCUT2D eigenvalue weighted by molar-refractivity contribution is 0.660. The molecule has 0 radical (unpaired) electrons. The molecule has 1 atom stereocenters. The summed E-state index contributed by atoms with van der Waals surface area (Å²) in [7, 11) is 0. The lowest BCUT2D eigenvalue weighted by Crippen LogP contribution is -2.18. The standard InChI is InChI=1S/C61H47N.C60H45NO/c1-61(2)59-40-51(56-19-11-17-50-16-9-10-18-55(50)56)32-38-57(59)58-39-37-54(41-60(58)61)62(52-33-28-48(29-34-52)46-24-20-44(21-25-46)42-12-5-3-6-13-42)53-35-30-49(31-36-53)47-26-22-45(23-27-47)43-14-7-4-8-15-43;1-59(2)53-34-41(38-14-7-5-8-15-38)24-30-47(53)49-32-28-44(36-55(49)59)61(43-26-22-40(23-27-43)46-19-13-20-52-51-18-11-12-21-57(51)62-58(46)52)45-29-33-50-48-31-25-42(39-16-9-6-10-17-39)35-54(48)60(3,4)56(50)37-45/h3-22,24-41,45H,23H2,1-2H3;5-37H,1-4H3. The molecule has 19 aromatic rings. The van der Waals surface area contributed by atoms with Crippen LogP contribution in [0.25, 0.3) is 138 Å². The zero-order chi connectivity index (χ0) is 83.4. The third-order valence-corrected chi connectivity index (χ3v) is 27.1. The number of hydrogen-bond acceptors (Lipinski definition) is 3. The minimum atomic E-state index is -0.191. The van der Waals surface area contributed by atoms with Crippen molar-refractivity contribution in [2.45, 2.75) is 70.1 Å². The van der Waals surface area contributed by atoms with Crippen molar-refractivity contribution >= 4 is 72.4 Å². The van der Waals surface area contributed by atoms with Gasteiger partial charge in [-0.05, 0) is 259 Å². The molecular weight excluding hydrogens is 1500 g/mol. The molecule has 0 amide bonds. The number of benzene rings is 18. The fraction of sp³-hybridized carbons (Fsp3) is 0.0909. The average Bonchev–Trinajstić information content (AvgIpc) is 1.57. The highest BCUT2D eigenvalue weighted by atomic mass is 16.3. The second-order valence-electron chi connectivity index (χ2n) is 35.4. The minimum absolute atomic E-state index is 0.190. The Bertz CT molecular complexity index is 7260. The minimum Gasteiger partial charge on any atom is -0.455 e. The first-order valence-electron chi connectivity index (χ1n) is 43.6. The molecule has 0 bridgehead atoms. The van der Waals surface area contributed by atoms with Crippen LogP contribution in [0.5, 0.6) is 0 Å². The highest BCUT2D eigenvalue weighted by Gasteiger charge is 2.40. The predicted octanol–water partition coefficient (Wildman–Crippen LogP) is 33.4. The first-order valence-corrected chi connectivity index (χ1v) is 43.6. The van der Waals surface area contributed by atoms with Crippen molar-refractivity contribution in [3.05, 3.63) is 475 Å². The Balaban J connectivity index is 0.000000147. The lowest BCUT2D eigenvalue weighted by atomic mass is 9.81. The van der Waals surface area contributed by atoms with Crippen molar-refractivity contribution < 1.29 is 4.42 Å². The highest BCUT2D eigenvalue weighted by Crippen LogP contribution is 2.57. The summed E-state index contributed by atoms with van der Waals surface area (Å²) in [6.45, 7) is 14.3. The zero-order valence-corrected chi connectivity index (χ0v) is 70.6. The second-order valence-corrected chi connectivity index (χ2v) is 35.4. The molecule has 124 heavy (non-hydrogen) atoms. The molecule has 0 spiro atoms. The topological polar surface area (TPSA) is 19.6 Å². The fourth-order valence-electron chi connectivity index (χ4n) is 20.4. The number of allylic oxidation sites excluding steroid dienone is 4. The van der Waals surface area contributed by atoms with Crippen molar-refractivity contribution in [2.75, 3.05) is 9.80 Å². The average molecular weight is 1590 g/mol. The molecule has 4 aliphatic rings. The van der Waals surface area contributed by atoms with E-state index >= 15 is 0 Å². The van der Waals surface area contributed by atoms with Gasteiger partial charge in [-0.2, -0.15) is 0 Å². The van der Waals surface area contributed by atoms with E-state index in [2.05, 4.69) is 476 Å². The van der Waals surface area contributed by atoms with Gasteiger partial charge in [-0.25, -0.2) is 0 Å². The van der Waals surface area contributed by atoms with Gasteiger partial charge in [0, 0.05) is 72.6 Å². The van der Waals surface area contributed by atoms with Crippen molar-refractivity contribution in [3.63, 3.8) is 0 Å². The molecule has 592 valence electrons. The Morgan fingerprint density at radius 3 is 1.06 bits per heavy atom. The van der Waals surface area contributed by atoms with E-state index in [-0.39, 0.29) is 16.2 Å². The van der Waals surface area contributed by atoms with E-state index in [1.165, 1.54) is 150 Å². The van der Waals surface area contributed by atoms with Gasteiger partial charge >= 0.3 is 0 Å². The van der Waals surface area contributed by atoms with E-state index < -0.39 is 0 Å². The quantitative estimate of drug-likeness (QED) is 0.108. The number of rotatable bonds is 14. The van der Waals surface area contributed by atoms with Crippen LogP contribution in [0.15, 0.2) is 435 Å². The van der Waals surface area contributed by atoms with Gasteiger partial charge in [-0.15, -0.1) is 0 Å². The van der Waals surface area contributed by atoms with Crippen LogP contribution in [0.1, 0.15) is 98.4 Å². The summed E-state index contributed by atoms with van der Waals surface area (Å²) < 4.78 is 6.49. The number of anilines is 6. The summed E-state index contributed by atoms with van der Waals surface area (Å²) in [5.74, 6) is 0.416. The van der Waals surface area contributed by atoms with Crippen molar-refractivity contribution in [3.8, 4) is 100 Å². The third kappa shape index (κ3) is 13.1. The molecule has 0 aliphatic heterocycles. The Labute approximate surface area is 727 Å². The van der Waals surface area contributed by atoms with Gasteiger partial charge in [0.25, 0.3) is 0 Å². The van der Waals surface area contributed by atoms with E-state index in [0.29, 0.717) is 5.92 Å². The largest absolute Gasteiger partial charge is 0.455 e. The van der Waals surface area contributed by atoms with Crippen LogP contribution in [0.2, 0.25) is 0 Å². The van der Waals surface area contributed by atoms with Crippen LogP contribution in [-0.2, 0) is 16.2 Å². The second kappa shape index (κ2) is 30.4. The molecule has 3 heteroatoms. The monoisotopic (exact) mass is 1590 g/mol. The molecule has 4 aliphatic carbocycles. The normalized spacial score (nSPS) is 14.5. The summed E-state index contributed by atoms with van der Waals surface area (Å²) in [6.07, 6.45) is 8.05. The SMILES string of the molecule is CC1(C)c2cc(-c3cccc4ccccc34)ccc2-c2ccc(N(c3ccc(C4=CCC(c5ccccc5)C=C4)cc3)c3ccc(-c4ccc(-c5ccccc5)cc4)cc3)cc21.CC1(C)c2cc(-c3ccccc3)ccc2-c2ccc(N(c3ccc(-c4cccc5c4oc4ccccc45)cc3)c3ccc4c(c3)C(C)(C)c3cc(-c5ccccc5)ccc3-4)cc21. The van der Waals surface area contributed by atoms with Gasteiger partial charge < -0.3 is 14.2 Å². The fourth-order valence-corrected chi connectivity index (χ4v) is 20.4. The van der Waals surface area contributed by atoms with Crippen LogP contribution in [0.4, 0.5) is 34.1 Å². The summed E-state index contributed by atoms with van der Waals surface area (Å²) in [6, 6.07) is 152. The van der Waals surface area contributed by atoms with E-state index in [9.17, 15) is 0 Å². The van der Waals surface area contributed by atoms with Crippen molar-refractivity contribution in [2.24, 2.45) is 0 Å². The molecule has 1 heterocycles. The maximum atomic E-state index is 6.49. The van der Waals surface area contributed by atoms with Crippen LogP contribution < -0.4 is 9.80 Å². The molecule has 0 saturated carbocycles.